The van der Waals surface area contributed by atoms with Gasteiger partial charge in [0, 0.05) is 29.3 Å². The van der Waals surface area contributed by atoms with Gasteiger partial charge in [-0.2, -0.15) is 0 Å². The Labute approximate surface area is 98.2 Å². The van der Waals surface area contributed by atoms with Crippen LogP contribution in [-0.2, 0) is 9.05 Å². The highest BCUT2D eigenvalue weighted by atomic mass is 35.7. The van der Waals surface area contributed by atoms with E-state index >= 15 is 0 Å². The molecular formula is C10H10ClNO3S. The summed E-state index contributed by atoms with van der Waals surface area (Å²) in [6, 6.07) is 5.65. The van der Waals surface area contributed by atoms with E-state index in [9.17, 15) is 13.2 Å². The number of likely N-dealkylation sites (tertiary alicyclic amines) is 1. The minimum atomic E-state index is -3.71. The number of nitrogens with zero attached hydrogens (tertiary/aromatic N) is 1. The largest absolute Gasteiger partial charge is 0.339 e. The Morgan fingerprint density at radius 3 is 2.12 bits per heavy atom. The van der Waals surface area contributed by atoms with Gasteiger partial charge in [-0.25, -0.2) is 8.42 Å². The zero-order valence-corrected chi connectivity index (χ0v) is 9.96. The van der Waals surface area contributed by atoms with E-state index < -0.39 is 9.05 Å². The summed E-state index contributed by atoms with van der Waals surface area (Å²) in [6.07, 6.45) is 1.03. The number of hydrogen-bond acceptors (Lipinski definition) is 3. The third kappa shape index (κ3) is 2.20. The van der Waals surface area contributed by atoms with Crippen molar-refractivity contribution in [3.63, 3.8) is 0 Å². The Morgan fingerprint density at radius 2 is 1.75 bits per heavy atom. The van der Waals surface area contributed by atoms with Gasteiger partial charge in [-0.3, -0.25) is 4.79 Å². The molecule has 1 aliphatic rings. The molecule has 4 nitrogen and oxygen atoms in total. The molecule has 0 aromatic heterocycles. The fourth-order valence-electron chi connectivity index (χ4n) is 1.46. The summed E-state index contributed by atoms with van der Waals surface area (Å²) in [7, 11) is 1.46. The Morgan fingerprint density at radius 1 is 1.19 bits per heavy atom. The second-order valence-corrected chi connectivity index (χ2v) is 6.17. The molecule has 0 atom stereocenters. The van der Waals surface area contributed by atoms with Gasteiger partial charge in [0.15, 0.2) is 0 Å². The number of halogens is 1. The summed E-state index contributed by atoms with van der Waals surface area (Å²) >= 11 is 0. The molecule has 0 unspecified atom stereocenters. The van der Waals surface area contributed by atoms with Crippen LogP contribution in [0, 0.1) is 0 Å². The Kier molecular flexibility index (Phi) is 2.90. The minimum Gasteiger partial charge on any atom is -0.339 e. The molecule has 0 saturated carbocycles. The highest BCUT2D eigenvalue weighted by molar-refractivity contribution is 8.13. The first-order valence-electron chi connectivity index (χ1n) is 4.82. The second-order valence-electron chi connectivity index (χ2n) is 3.61. The van der Waals surface area contributed by atoms with Gasteiger partial charge in [0.25, 0.3) is 15.0 Å². The van der Waals surface area contributed by atoms with Gasteiger partial charge in [0.2, 0.25) is 0 Å². The van der Waals surface area contributed by atoms with Crippen LogP contribution < -0.4 is 0 Å². The molecule has 1 aromatic rings. The molecule has 0 bridgehead atoms. The highest BCUT2D eigenvalue weighted by Gasteiger charge is 2.21. The first kappa shape index (κ1) is 11.4. The van der Waals surface area contributed by atoms with E-state index in [4.69, 9.17) is 10.7 Å². The van der Waals surface area contributed by atoms with Crippen molar-refractivity contribution in [1.29, 1.82) is 0 Å². The molecule has 1 aliphatic heterocycles. The molecule has 2 rings (SSSR count). The standard InChI is InChI=1S/C10H10ClNO3S/c11-16(14,15)9-4-2-8(3-5-9)10(13)12-6-1-7-12/h2-5H,1,6-7H2. The Hall–Kier alpha value is -1.07. The van der Waals surface area contributed by atoms with Crippen LogP contribution in [0.15, 0.2) is 29.2 Å². The summed E-state index contributed by atoms with van der Waals surface area (Å²) in [4.78, 5) is 13.5. The summed E-state index contributed by atoms with van der Waals surface area (Å²) in [5.74, 6) is -0.0650. The van der Waals surface area contributed by atoms with E-state index in [1.807, 2.05) is 0 Å². The quantitative estimate of drug-likeness (QED) is 0.756. The fraction of sp³-hybridized carbons (Fsp3) is 0.300. The Bertz CT molecular complexity index is 505. The van der Waals surface area contributed by atoms with Crippen molar-refractivity contribution >= 4 is 25.6 Å². The van der Waals surface area contributed by atoms with Crippen molar-refractivity contribution in [3.8, 4) is 0 Å². The number of carbonyl (C=O) groups is 1. The maximum atomic E-state index is 11.7. The molecule has 0 aliphatic carbocycles. The first-order valence-corrected chi connectivity index (χ1v) is 7.13. The molecule has 86 valence electrons. The van der Waals surface area contributed by atoms with Gasteiger partial charge in [-0.15, -0.1) is 0 Å². The van der Waals surface area contributed by atoms with Crippen molar-refractivity contribution in [1.82, 2.24) is 4.90 Å². The van der Waals surface area contributed by atoms with E-state index in [2.05, 4.69) is 0 Å². The minimum absolute atomic E-state index is 0.00864. The third-order valence-electron chi connectivity index (χ3n) is 2.53. The van der Waals surface area contributed by atoms with Crippen LogP contribution in [0.3, 0.4) is 0 Å². The normalized spacial score (nSPS) is 15.7. The van der Waals surface area contributed by atoms with Crippen LogP contribution in [0.4, 0.5) is 0 Å². The van der Waals surface area contributed by atoms with Gasteiger partial charge in [0.05, 0.1) is 4.90 Å². The second kappa shape index (κ2) is 4.07. The molecular weight excluding hydrogens is 250 g/mol. The van der Waals surface area contributed by atoms with E-state index in [0.29, 0.717) is 5.56 Å². The summed E-state index contributed by atoms with van der Waals surface area (Å²) in [5.41, 5.74) is 0.490. The molecule has 16 heavy (non-hydrogen) atoms. The van der Waals surface area contributed by atoms with Crippen LogP contribution in [0.5, 0.6) is 0 Å². The van der Waals surface area contributed by atoms with Crippen molar-refractivity contribution in [2.24, 2.45) is 0 Å². The molecule has 1 fully saturated rings. The van der Waals surface area contributed by atoms with Crippen molar-refractivity contribution in [2.45, 2.75) is 11.3 Å². The van der Waals surface area contributed by atoms with Crippen molar-refractivity contribution < 1.29 is 13.2 Å². The lowest BCUT2D eigenvalue weighted by molar-refractivity contribution is 0.0651. The number of carbonyl (C=O) groups excluding carboxylic acids is 1. The van der Waals surface area contributed by atoms with E-state index in [0.717, 1.165) is 19.5 Å². The highest BCUT2D eigenvalue weighted by Crippen LogP contribution is 2.17. The van der Waals surface area contributed by atoms with Crippen LogP contribution in [-0.4, -0.2) is 32.3 Å². The molecule has 1 aromatic carbocycles. The first-order chi connectivity index (χ1) is 7.48. The number of amides is 1. The Balaban J connectivity index is 2.22. The third-order valence-corrected chi connectivity index (χ3v) is 3.90. The molecule has 6 heteroatoms. The van der Waals surface area contributed by atoms with E-state index in [1.54, 1.807) is 4.90 Å². The van der Waals surface area contributed by atoms with E-state index in [-0.39, 0.29) is 10.8 Å². The van der Waals surface area contributed by atoms with Gasteiger partial charge in [-0.05, 0) is 30.7 Å². The molecule has 0 spiro atoms. The van der Waals surface area contributed by atoms with Gasteiger partial charge >= 0.3 is 0 Å². The topological polar surface area (TPSA) is 54.5 Å². The fourth-order valence-corrected chi connectivity index (χ4v) is 2.23. The molecule has 1 amide bonds. The molecule has 1 saturated heterocycles. The average molecular weight is 260 g/mol. The van der Waals surface area contributed by atoms with Crippen molar-refractivity contribution in [2.75, 3.05) is 13.1 Å². The average Bonchev–Trinajstić information content (AvgIpc) is 2.14. The lowest BCUT2D eigenvalue weighted by atomic mass is 10.1. The summed E-state index contributed by atoms with van der Waals surface area (Å²) in [6.45, 7) is 1.54. The maximum absolute atomic E-state index is 11.7. The van der Waals surface area contributed by atoms with E-state index in [1.165, 1.54) is 24.3 Å². The maximum Gasteiger partial charge on any atom is 0.261 e. The zero-order chi connectivity index (χ0) is 11.8. The van der Waals surface area contributed by atoms with Crippen LogP contribution in [0.2, 0.25) is 0 Å². The van der Waals surface area contributed by atoms with Gasteiger partial charge in [0.1, 0.15) is 0 Å². The van der Waals surface area contributed by atoms with Crippen LogP contribution in [0.25, 0.3) is 0 Å². The number of rotatable bonds is 2. The monoisotopic (exact) mass is 259 g/mol. The smallest absolute Gasteiger partial charge is 0.261 e. The summed E-state index contributed by atoms with van der Waals surface area (Å²) < 4.78 is 22.0. The predicted octanol–water partition coefficient (Wildman–Crippen LogP) is 1.46. The molecule has 0 radical (unpaired) electrons. The zero-order valence-electron chi connectivity index (χ0n) is 8.39. The van der Waals surface area contributed by atoms with Crippen LogP contribution >= 0.6 is 10.7 Å². The van der Waals surface area contributed by atoms with Crippen LogP contribution in [0.1, 0.15) is 16.8 Å². The van der Waals surface area contributed by atoms with Crippen molar-refractivity contribution in [3.05, 3.63) is 29.8 Å². The lowest BCUT2D eigenvalue weighted by Gasteiger charge is -2.30. The van der Waals surface area contributed by atoms with Gasteiger partial charge < -0.3 is 4.90 Å². The lowest BCUT2D eigenvalue weighted by Crippen LogP contribution is -2.41. The molecule has 0 N–H and O–H groups in total. The SMILES string of the molecule is O=C(c1ccc(S(=O)(=O)Cl)cc1)N1CCC1. The predicted molar refractivity (Wildman–Crippen MR) is 60.0 cm³/mol. The molecule has 1 heterocycles. The number of benzene rings is 1. The number of hydrogen-bond donors (Lipinski definition) is 0. The van der Waals surface area contributed by atoms with Gasteiger partial charge in [-0.1, -0.05) is 0 Å². The summed E-state index contributed by atoms with van der Waals surface area (Å²) in [5, 5.41) is 0.